The first-order chi connectivity index (χ1) is 13.2. The molecule has 2 aromatic carbocycles. The van der Waals surface area contributed by atoms with Gasteiger partial charge in [0.2, 0.25) is 0 Å². The number of phenols is 1. The van der Waals surface area contributed by atoms with Crippen molar-refractivity contribution < 1.29 is 24.1 Å². The number of carbonyl (C=O) groups excluding carboxylic acids is 1. The Morgan fingerprint density at radius 3 is 2.29 bits per heavy atom. The zero-order valence-corrected chi connectivity index (χ0v) is 17.0. The number of ether oxygens (including phenoxy) is 3. The second-order valence-corrected chi connectivity index (χ2v) is 8.48. The number of hydrogen-bond donors (Lipinski definition) is 1. The van der Waals surface area contributed by atoms with Crippen molar-refractivity contribution in [3.8, 4) is 17.2 Å². The van der Waals surface area contributed by atoms with Gasteiger partial charge in [0.25, 0.3) is 0 Å². The molecule has 3 rings (SSSR count). The van der Waals surface area contributed by atoms with E-state index in [4.69, 9.17) is 14.2 Å². The number of phenolic OH excluding ortho intramolecular Hbond substituents is 1. The molecule has 1 N–H and O–H groups in total. The fourth-order valence-corrected chi connectivity index (χ4v) is 3.05. The van der Waals surface area contributed by atoms with Gasteiger partial charge in [0.1, 0.15) is 17.2 Å². The molecule has 1 aliphatic heterocycles. The van der Waals surface area contributed by atoms with Crippen LogP contribution in [0.3, 0.4) is 0 Å². The minimum atomic E-state index is -0.450. The van der Waals surface area contributed by atoms with Gasteiger partial charge in [0.15, 0.2) is 0 Å². The van der Waals surface area contributed by atoms with Gasteiger partial charge in [-0.25, -0.2) is 4.79 Å². The summed E-state index contributed by atoms with van der Waals surface area (Å²) in [6, 6.07) is 11.8. The van der Waals surface area contributed by atoms with E-state index in [1.54, 1.807) is 42.5 Å². The summed E-state index contributed by atoms with van der Waals surface area (Å²) in [6.45, 7) is 10.2. The van der Waals surface area contributed by atoms with Crippen LogP contribution in [0.15, 0.2) is 42.5 Å². The largest absolute Gasteiger partial charge is 0.508 e. The summed E-state index contributed by atoms with van der Waals surface area (Å²) in [6.07, 6.45) is 1.01. The molecule has 0 radical (unpaired) electrons. The van der Waals surface area contributed by atoms with Crippen molar-refractivity contribution in [1.29, 1.82) is 0 Å². The van der Waals surface area contributed by atoms with E-state index >= 15 is 0 Å². The lowest BCUT2D eigenvalue weighted by atomic mass is 9.84. The van der Waals surface area contributed by atoms with Gasteiger partial charge < -0.3 is 19.3 Å². The second kappa shape index (κ2) is 7.84. The summed E-state index contributed by atoms with van der Waals surface area (Å²) in [4.78, 5) is 12.4. The molecule has 0 spiro atoms. The summed E-state index contributed by atoms with van der Waals surface area (Å²) in [5.41, 5.74) is 1.02. The monoisotopic (exact) mass is 384 g/mol. The van der Waals surface area contributed by atoms with E-state index < -0.39 is 5.97 Å². The Kier molecular flexibility index (Phi) is 5.66. The lowest BCUT2D eigenvalue weighted by molar-refractivity contribution is -0.133. The zero-order valence-electron chi connectivity index (χ0n) is 17.0. The maximum absolute atomic E-state index is 12.4. The van der Waals surface area contributed by atoms with Gasteiger partial charge in [0.05, 0.1) is 30.8 Å². The Hall–Kier alpha value is -2.53. The molecule has 1 saturated heterocycles. The summed E-state index contributed by atoms with van der Waals surface area (Å²) in [5, 5.41) is 10.0. The predicted molar refractivity (Wildman–Crippen MR) is 107 cm³/mol. The number of hydrogen-bond acceptors (Lipinski definition) is 5. The lowest BCUT2D eigenvalue weighted by Crippen LogP contribution is -2.46. The molecule has 5 heteroatoms. The third kappa shape index (κ3) is 4.47. The van der Waals surface area contributed by atoms with E-state index in [9.17, 15) is 9.90 Å². The van der Waals surface area contributed by atoms with Crippen LogP contribution >= 0.6 is 0 Å². The number of carbonyl (C=O) groups is 1. The topological polar surface area (TPSA) is 65.0 Å². The average Bonchev–Trinajstić information content (AvgIpc) is 2.62. The molecule has 5 nitrogen and oxygen atoms in total. The van der Waals surface area contributed by atoms with Crippen molar-refractivity contribution in [2.75, 3.05) is 19.8 Å². The molecular formula is C23H28O5. The minimum Gasteiger partial charge on any atom is -0.508 e. The van der Waals surface area contributed by atoms with Crippen molar-refractivity contribution in [2.45, 2.75) is 39.5 Å². The molecule has 0 aromatic heterocycles. The van der Waals surface area contributed by atoms with E-state index in [0.717, 1.165) is 30.9 Å². The smallest absolute Gasteiger partial charge is 0.343 e. The highest BCUT2D eigenvalue weighted by Crippen LogP contribution is 2.34. The first-order valence-electron chi connectivity index (χ1n) is 9.59. The predicted octanol–water partition coefficient (Wildman–Crippen LogP) is 4.71. The maximum Gasteiger partial charge on any atom is 0.343 e. The highest BCUT2D eigenvalue weighted by Gasteiger charge is 2.37. The second-order valence-electron chi connectivity index (χ2n) is 8.48. The summed E-state index contributed by atoms with van der Waals surface area (Å²) >= 11 is 0. The Balaban J connectivity index is 1.63. The highest BCUT2D eigenvalue weighted by atomic mass is 16.5. The fourth-order valence-electron chi connectivity index (χ4n) is 3.05. The van der Waals surface area contributed by atoms with Gasteiger partial charge in [-0.05, 0) is 54.3 Å². The Morgan fingerprint density at radius 1 is 1.11 bits per heavy atom. The van der Waals surface area contributed by atoms with Crippen LogP contribution in [0.4, 0.5) is 0 Å². The summed E-state index contributed by atoms with van der Waals surface area (Å²) in [7, 11) is 0. The zero-order chi connectivity index (χ0) is 20.4. The maximum atomic E-state index is 12.4. The first-order valence-corrected chi connectivity index (χ1v) is 9.59. The standard InChI is InChI=1S/C23H28O5/c1-5-23(13-26-14-23)15-27-17-8-6-16(7-9-17)21(25)28-18-10-11-20(24)19(12-18)22(2,3)4/h6-12,24H,5,13-15H2,1-4H3. The SMILES string of the molecule is CCC1(COc2ccc(C(=O)Oc3ccc(O)c(C(C)(C)C)c3)cc2)COC1. The average molecular weight is 384 g/mol. The van der Waals surface area contributed by atoms with Crippen LogP contribution in [0.25, 0.3) is 0 Å². The van der Waals surface area contributed by atoms with E-state index in [1.165, 1.54) is 0 Å². The molecule has 1 fully saturated rings. The van der Waals surface area contributed by atoms with E-state index in [1.807, 2.05) is 20.8 Å². The summed E-state index contributed by atoms with van der Waals surface area (Å²) < 4.78 is 16.7. The van der Waals surface area contributed by atoms with Gasteiger partial charge in [-0.15, -0.1) is 0 Å². The van der Waals surface area contributed by atoms with Crippen LogP contribution in [0, 0.1) is 5.41 Å². The van der Waals surface area contributed by atoms with Gasteiger partial charge >= 0.3 is 5.97 Å². The Labute approximate surface area is 166 Å². The van der Waals surface area contributed by atoms with Crippen molar-refractivity contribution >= 4 is 5.97 Å². The van der Waals surface area contributed by atoms with E-state index in [-0.39, 0.29) is 16.6 Å². The Morgan fingerprint density at radius 2 is 1.75 bits per heavy atom. The van der Waals surface area contributed by atoms with Gasteiger partial charge in [0, 0.05) is 5.56 Å². The van der Waals surface area contributed by atoms with Gasteiger partial charge in [-0.3, -0.25) is 0 Å². The van der Waals surface area contributed by atoms with E-state index in [0.29, 0.717) is 17.9 Å². The van der Waals surface area contributed by atoms with Crippen molar-refractivity contribution in [1.82, 2.24) is 0 Å². The van der Waals surface area contributed by atoms with Crippen molar-refractivity contribution in [3.63, 3.8) is 0 Å². The quantitative estimate of drug-likeness (QED) is 0.577. The molecule has 28 heavy (non-hydrogen) atoms. The van der Waals surface area contributed by atoms with E-state index in [2.05, 4.69) is 6.92 Å². The molecule has 0 bridgehead atoms. The highest BCUT2D eigenvalue weighted by molar-refractivity contribution is 5.91. The number of esters is 1. The van der Waals surface area contributed by atoms with Crippen molar-refractivity contribution in [2.24, 2.45) is 5.41 Å². The molecule has 0 unspecified atom stereocenters. The minimum absolute atomic E-state index is 0.112. The molecule has 150 valence electrons. The van der Waals surface area contributed by atoms with Crippen LogP contribution in [-0.2, 0) is 10.2 Å². The van der Waals surface area contributed by atoms with Crippen LogP contribution in [0.2, 0.25) is 0 Å². The van der Waals surface area contributed by atoms with Gasteiger partial charge in [-0.1, -0.05) is 27.7 Å². The molecule has 1 heterocycles. The molecule has 2 aromatic rings. The number of benzene rings is 2. The van der Waals surface area contributed by atoms with Gasteiger partial charge in [-0.2, -0.15) is 0 Å². The first kappa shape index (κ1) is 20.2. The van der Waals surface area contributed by atoms with Crippen LogP contribution in [0.5, 0.6) is 17.2 Å². The number of aromatic hydroxyl groups is 1. The summed E-state index contributed by atoms with van der Waals surface area (Å²) in [5.74, 6) is 0.865. The molecule has 0 saturated carbocycles. The molecule has 0 atom stereocenters. The normalized spacial score (nSPS) is 15.6. The molecular weight excluding hydrogens is 356 g/mol. The Bertz CT molecular complexity index is 824. The third-order valence-electron chi connectivity index (χ3n) is 5.19. The molecule has 0 amide bonds. The number of rotatable bonds is 6. The van der Waals surface area contributed by atoms with Crippen LogP contribution in [0.1, 0.15) is 50.0 Å². The lowest BCUT2D eigenvalue weighted by Gasteiger charge is -2.40. The van der Waals surface area contributed by atoms with Crippen LogP contribution in [-0.4, -0.2) is 30.9 Å². The third-order valence-corrected chi connectivity index (χ3v) is 5.19. The van der Waals surface area contributed by atoms with Crippen LogP contribution < -0.4 is 9.47 Å². The van der Waals surface area contributed by atoms with Crippen molar-refractivity contribution in [3.05, 3.63) is 53.6 Å². The molecule has 0 aliphatic carbocycles. The molecule has 1 aliphatic rings. The fraction of sp³-hybridized carbons (Fsp3) is 0.435.